The minimum absolute atomic E-state index is 0. The van der Waals surface area contributed by atoms with Gasteiger partial charge in [0.1, 0.15) is 0 Å². The van der Waals surface area contributed by atoms with E-state index in [2.05, 4.69) is 53.9 Å². The molecule has 6 heterocycles. The molecule has 0 aromatic rings. The normalized spacial score (nSPS) is 24.5. The van der Waals surface area contributed by atoms with Crippen molar-refractivity contribution in [1.29, 1.82) is 0 Å². The van der Waals surface area contributed by atoms with Gasteiger partial charge in [0.25, 0.3) is 6.47 Å². The number of aliphatic hydroxyl groups excluding tert-OH is 2. The van der Waals surface area contributed by atoms with Gasteiger partial charge in [-0.1, -0.05) is 0 Å². The number of carbonyl (C=O) groups excluding carboxylic acids is 1. The number of carbonyl (C=O) groups is 1. The van der Waals surface area contributed by atoms with Gasteiger partial charge in [-0.3, -0.25) is 23.1 Å². The summed E-state index contributed by atoms with van der Waals surface area (Å²) >= 11 is 46.9. The van der Waals surface area contributed by atoms with Crippen LogP contribution in [0.2, 0.25) is 0 Å². The van der Waals surface area contributed by atoms with Gasteiger partial charge in [0.2, 0.25) is 0 Å². The van der Waals surface area contributed by atoms with Crippen molar-refractivity contribution in [2.45, 2.75) is 32.1 Å². The first-order valence-electron chi connectivity index (χ1n) is 19.5. The predicted octanol–water partition coefficient (Wildman–Crippen LogP) is 1.22. The quantitative estimate of drug-likeness (QED) is 0.0324. The fourth-order valence-electron chi connectivity index (χ4n) is 4.45. The Labute approximate surface area is 522 Å². The van der Waals surface area contributed by atoms with E-state index in [1.54, 1.807) is 9.34 Å². The maximum absolute atomic E-state index is 12.3. The minimum atomic E-state index is -3.22. The van der Waals surface area contributed by atoms with Gasteiger partial charge in [0.05, 0.1) is 19.8 Å². The second-order valence-electron chi connectivity index (χ2n) is 12.5. The Morgan fingerprint density at radius 3 is 1.51 bits per heavy atom. The smallest absolute Gasteiger partial charge is 1.00 e. The molecular formula is C30H65Cl10K2N7O12P4. The fraction of sp³-hybridized carbons (Fsp3) is 0.967. The summed E-state index contributed by atoms with van der Waals surface area (Å²) in [6, 6.07) is 0. The zero-order valence-electron chi connectivity index (χ0n) is 37.9. The number of hydrogen-bond acceptors (Lipinski definition) is 14. The van der Waals surface area contributed by atoms with E-state index in [-0.39, 0.29) is 130 Å². The number of halogens is 10. The molecule has 3 unspecified atom stereocenters. The molecule has 6 saturated heterocycles. The molecule has 4 N–H and O–H groups in total. The monoisotopic (exact) mass is 1270 g/mol. The molecule has 0 radical (unpaired) electrons. The molecule has 6 aliphatic rings. The Hall–Kier alpha value is 6.04. The largest absolute Gasteiger partial charge is 1.00 e. The summed E-state index contributed by atoms with van der Waals surface area (Å²) in [5, 5.41) is 27.4. The zero-order chi connectivity index (χ0) is 47.3. The molecule has 384 valence electrons. The number of aliphatic hydroxyl groups is 2. The Morgan fingerprint density at radius 1 is 0.708 bits per heavy atom. The third-order valence-electron chi connectivity index (χ3n) is 7.49. The molecule has 6 fully saturated rings. The van der Waals surface area contributed by atoms with Crippen molar-refractivity contribution in [1.82, 2.24) is 34.0 Å². The molecule has 0 aromatic heterocycles. The number of hydrogen-bond donors (Lipinski definition) is 4. The average molecular weight is 1270 g/mol. The topological polar surface area (TPSA) is 235 Å². The van der Waals surface area contributed by atoms with Crippen molar-refractivity contribution >= 4 is 149 Å². The summed E-state index contributed by atoms with van der Waals surface area (Å²) in [7, 11) is -5.46. The molecule has 0 bridgehead atoms. The molecule has 65 heavy (non-hydrogen) atoms. The molecule has 0 spiro atoms. The summed E-state index contributed by atoms with van der Waals surface area (Å²) in [6.07, 6.45) is 4.37. The van der Waals surface area contributed by atoms with Crippen LogP contribution in [-0.2, 0) is 41.5 Å². The second kappa shape index (κ2) is 50.8. The van der Waals surface area contributed by atoms with Crippen LogP contribution >= 0.6 is 143 Å². The van der Waals surface area contributed by atoms with Crippen LogP contribution in [0.3, 0.4) is 0 Å². The van der Waals surface area contributed by atoms with E-state index in [9.17, 15) is 18.3 Å². The van der Waals surface area contributed by atoms with Crippen LogP contribution in [0.4, 0.5) is 0 Å². The van der Waals surface area contributed by atoms with Crippen molar-refractivity contribution in [3.63, 3.8) is 0 Å². The van der Waals surface area contributed by atoms with Crippen LogP contribution in [0.15, 0.2) is 0 Å². The first-order valence-corrected chi connectivity index (χ1v) is 32.2. The summed E-state index contributed by atoms with van der Waals surface area (Å²) < 4.78 is 68.1. The molecule has 0 amide bonds. The fourth-order valence-corrected chi connectivity index (χ4v) is 12.0. The van der Waals surface area contributed by atoms with E-state index in [1.165, 1.54) is 26.2 Å². The number of nitrogens with zero attached hydrogens (tertiary/aromatic N) is 5. The number of alkyl halides is 5. The Morgan fingerprint density at radius 2 is 1.14 bits per heavy atom. The Balaban J connectivity index is -0.000000162. The van der Waals surface area contributed by atoms with E-state index in [4.69, 9.17) is 103 Å². The van der Waals surface area contributed by atoms with Crippen molar-refractivity contribution in [2.24, 2.45) is 0 Å². The van der Waals surface area contributed by atoms with Gasteiger partial charge >= 0.3 is 130 Å². The van der Waals surface area contributed by atoms with Crippen molar-refractivity contribution in [3.8, 4) is 0 Å². The summed E-state index contributed by atoms with van der Waals surface area (Å²) in [5.41, 5.74) is 0. The van der Waals surface area contributed by atoms with Gasteiger partial charge in [-0.25, -0.2) is 23.8 Å². The van der Waals surface area contributed by atoms with Crippen molar-refractivity contribution < 1.29 is 161 Å². The first kappa shape index (κ1) is 79.9. The molecule has 6 aliphatic heterocycles. The van der Waals surface area contributed by atoms with Crippen molar-refractivity contribution in [3.05, 3.63) is 0 Å². The van der Waals surface area contributed by atoms with Crippen LogP contribution in [0.1, 0.15) is 33.5 Å². The van der Waals surface area contributed by atoms with Gasteiger partial charge in [-0.05, 0) is 77.1 Å². The number of nitrogens with one attached hydrogen (secondary N) is 2. The molecule has 0 aromatic carbocycles. The van der Waals surface area contributed by atoms with E-state index in [1.807, 2.05) is 9.34 Å². The third-order valence-corrected chi connectivity index (χ3v) is 16.0. The van der Waals surface area contributed by atoms with Crippen LogP contribution in [0.5, 0.6) is 0 Å². The minimum Gasteiger partial charge on any atom is -1.00 e. The van der Waals surface area contributed by atoms with Gasteiger partial charge in [0.15, 0.2) is 0 Å². The molecule has 35 heteroatoms. The molecule has 0 saturated carbocycles. The van der Waals surface area contributed by atoms with Crippen LogP contribution in [0, 0.1) is 0 Å². The SMILES string of the molecule is C1CN1.Cl.O=CO[O-].O=P(Cl)(Cl)Cl.O=P1(Cl)OCCCN1CCCl.O=P1(N2CC2)OCCCN1CCCl.O=P1(NCCCl)OCCCN1CCCl.OCCCCl.OCCCN1CC1.[H-].[K+].[K+]. The summed E-state index contributed by atoms with van der Waals surface area (Å²) in [5.74, 6) is 2.38. The molecule has 19 nitrogen and oxygen atoms in total. The maximum atomic E-state index is 12.3. The van der Waals surface area contributed by atoms with Crippen LogP contribution in [-0.4, -0.2) is 194 Å². The van der Waals surface area contributed by atoms with Gasteiger partial charge in [0, 0.05) is 134 Å². The van der Waals surface area contributed by atoms with E-state index in [0.717, 1.165) is 58.4 Å². The van der Waals surface area contributed by atoms with Crippen LogP contribution in [0.25, 0.3) is 0 Å². The molecule has 0 aliphatic carbocycles. The second-order valence-corrected chi connectivity index (χ2v) is 28.6. The van der Waals surface area contributed by atoms with Gasteiger partial charge in [-0.15, -0.1) is 70.4 Å². The van der Waals surface area contributed by atoms with Crippen LogP contribution < -0.4 is 118 Å². The summed E-state index contributed by atoms with van der Waals surface area (Å²) in [6.45, 7) is 11.5. The van der Waals surface area contributed by atoms with Crippen molar-refractivity contribution in [2.75, 3.05) is 154 Å². The Kier molecular flexibility index (Phi) is 62.5. The zero-order valence-corrected chi connectivity index (χ0v) is 54.3. The molecule has 3 atom stereocenters. The van der Waals surface area contributed by atoms with Gasteiger partial charge in [-0.2, -0.15) is 0 Å². The van der Waals surface area contributed by atoms with E-state index < -0.39 is 27.4 Å². The predicted molar refractivity (Wildman–Crippen MR) is 262 cm³/mol. The summed E-state index contributed by atoms with van der Waals surface area (Å²) in [4.78, 5) is 13.6. The molecular weight excluding hydrogens is 1210 g/mol. The first-order chi connectivity index (χ1) is 29.4. The van der Waals surface area contributed by atoms with E-state index in [0.29, 0.717) is 95.0 Å². The third kappa shape index (κ3) is 48.2. The Bertz CT molecular complexity index is 1300. The average Bonchev–Trinajstić information content (AvgIpc) is 4.05. The standard InChI is InChI=1S/C7H15Cl2N2O2P.C7H14ClN2O2P.C5H10Cl2NO2P.C5H11NO.C3H7ClO.C2H5N.CH2O3.Cl3OP.ClH.2K.H/c8-2-4-10-14(12)11(6-3-9)5-1-7-13-14;8-2-4-9-3-1-7-12-13(9,11)10-5-6-10;6-2-4-8-3-1-5-10-11(8,7)9;7-5-1-2-6-3-4-6;4-2-1-3-5;1-2-3-1;2-1-4-3;1-5(2,3)4;;;;/h1-7H2,(H,10,12);1-7H2;1-5H2;7H,1-5H2;5H,1-3H2;3H,1-2H2;1,3H;;1H;;;/q;;;;;;;;;2*+1;-1/p-1. The maximum Gasteiger partial charge on any atom is 1.00 e. The number of rotatable bonds is 16. The van der Waals surface area contributed by atoms with Gasteiger partial charge < -0.3 is 45.6 Å². The van der Waals surface area contributed by atoms with E-state index >= 15 is 0 Å². The molecule has 6 rings (SSSR count).